The van der Waals surface area contributed by atoms with E-state index in [4.69, 9.17) is 11.6 Å². The Morgan fingerprint density at radius 2 is 1.89 bits per heavy atom. The SMILES string of the molecule is Cc1ccc(-c2c(C)sc3nc(SCC(=O)N4CCCC4)nc(Cl)c23)cc1. The van der Waals surface area contributed by atoms with Crippen molar-refractivity contribution in [2.75, 3.05) is 18.8 Å². The Labute approximate surface area is 172 Å². The zero-order valence-corrected chi connectivity index (χ0v) is 17.7. The molecule has 140 valence electrons. The number of thiophene rings is 1. The van der Waals surface area contributed by atoms with Crippen LogP contribution in [0.2, 0.25) is 5.15 Å². The summed E-state index contributed by atoms with van der Waals surface area (Å²) in [6.45, 7) is 5.89. The molecular formula is C20H20ClN3OS2. The standard InChI is InChI=1S/C20H20ClN3OS2/c1-12-5-7-14(8-6-12)16-13(2)27-19-17(16)18(21)22-20(23-19)26-11-15(25)24-9-3-4-10-24/h5-8H,3-4,9-11H2,1-2H3. The minimum Gasteiger partial charge on any atom is -0.342 e. The van der Waals surface area contributed by atoms with Crippen molar-refractivity contribution in [3.05, 3.63) is 39.9 Å². The van der Waals surface area contributed by atoms with Crippen LogP contribution in [0.4, 0.5) is 0 Å². The van der Waals surface area contributed by atoms with Crippen molar-refractivity contribution in [3.63, 3.8) is 0 Å². The van der Waals surface area contributed by atoms with Gasteiger partial charge in [-0.2, -0.15) is 0 Å². The lowest BCUT2D eigenvalue weighted by atomic mass is 10.0. The van der Waals surface area contributed by atoms with Crippen molar-refractivity contribution in [2.45, 2.75) is 31.8 Å². The first kappa shape index (κ1) is 18.7. The highest BCUT2D eigenvalue weighted by Crippen LogP contribution is 2.41. The largest absolute Gasteiger partial charge is 0.342 e. The fraction of sp³-hybridized carbons (Fsp3) is 0.350. The molecule has 0 unspecified atom stereocenters. The number of carbonyl (C=O) groups is 1. The van der Waals surface area contributed by atoms with Crippen molar-refractivity contribution >= 4 is 50.8 Å². The van der Waals surface area contributed by atoms with E-state index in [2.05, 4.69) is 48.1 Å². The van der Waals surface area contributed by atoms with E-state index in [1.54, 1.807) is 11.3 Å². The van der Waals surface area contributed by atoms with E-state index in [0.29, 0.717) is 16.1 Å². The highest BCUT2D eigenvalue weighted by molar-refractivity contribution is 7.99. The third-order valence-electron chi connectivity index (χ3n) is 4.79. The lowest BCUT2D eigenvalue weighted by Crippen LogP contribution is -2.29. The van der Waals surface area contributed by atoms with Gasteiger partial charge in [-0.3, -0.25) is 4.79 Å². The predicted molar refractivity (Wildman–Crippen MR) is 114 cm³/mol. The molecule has 7 heteroatoms. The Morgan fingerprint density at radius 1 is 1.19 bits per heavy atom. The number of thioether (sulfide) groups is 1. The number of rotatable bonds is 4. The van der Waals surface area contributed by atoms with Crippen LogP contribution >= 0.6 is 34.7 Å². The number of hydrogen-bond acceptors (Lipinski definition) is 5. The second-order valence-electron chi connectivity index (χ2n) is 6.75. The molecule has 3 heterocycles. The highest BCUT2D eigenvalue weighted by atomic mass is 35.5. The van der Waals surface area contributed by atoms with Crippen LogP contribution in [-0.4, -0.2) is 39.6 Å². The van der Waals surface area contributed by atoms with Crippen molar-refractivity contribution in [1.29, 1.82) is 0 Å². The number of benzene rings is 1. The van der Waals surface area contributed by atoms with Crippen LogP contribution in [0, 0.1) is 13.8 Å². The molecule has 4 rings (SSSR count). The quantitative estimate of drug-likeness (QED) is 0.326. The number of carbonyl (C=O) groups excluding carboxylic acids is 1. The van der Waals surface area contributed by atoms with Crippen LogP contribution < -0.4 is 0 Å². The lowest BCUT2D eigenvalue weighted by Gasteiger charge is -2.14. The van der Waals surface area contributed by atoms with E-state index < -0.39 is 0 Å². The molecule has 1 aliphatic heterocycles. The Kier molecular flexibility index (Phi) is 5.39. The molecule has 4 nitrogen and oxygen atoms in total. The molecule has 27 heavy (non-hydrogen) atoms. The molecule has 0 spiro atoms. The second-order valence-corrected chi connectivity index (χ2v) is 9.26. The van der Waals surface area contributed by atoms with Gasteiger partial charge < -0.3 is 4.90 Å². The minimum absolute atomic E-state index is 0.153. The molecule has 0 saturated carbocycles. The van der Waals surface area contributed by atoms with Gasteiger partial charge in [0.05, 0.1) is 11.1 Å². The average Bonchev–Trinajstić information content (AvgIpc) is 3.28. The van der Waals surface area contributed by atoms with Gasteiger partial charge in [0.25, 0.3) is 0 Å². The summed E-state index contributed by atoms with van der Waals surface area (Å²) in [6, 6.07) is 8.41. The molecule has 1 saturated heterocycles. The molecular weight excluding hydrogens is 398 g/mol. The Bertz CT molecular complexity index is 995. The number of aromatic nitrogens is 2. The van der Waals surface area contributed by atoms with Gasteiger partial charge in [-0.05, 0) is 32.3 Å². The first-order valence-electron chi connectivity index (χ1n) is 8.97. The van der Waals surface area contributed by atoms with E-state index >= 15 is 0 Å². The maximum Gasteiger partial charge on any atom is 0.233 e. The summed E-state index contributed by atoms with van der Waals surface area (Å²) in [7, 11) is 0. The van der Waals surface area contributed by atoms with Crippen LogP contribution in [0.3, 0.4) is 0 Å². The third-order valence-corrected chi connectivity index (χ3v) is 6.89. The third kappa shape index (κ3) is 3.84. The Morgan fingerprint density at radius 3 is 2.59 bits per heavy atom. The molecule has 1 amide bonds. The molecule has 2 aromatic heterocycles. The van der Waals surface area contributed by atoms with Crippen LogP contribution in [0.15, 0.2) is 29.4 Å². The van der Waals surface area contributed by atoms with Crippen LogP contribution in [-0.2, 0) is 4.79 Å². The zero-order valence-electron chi connectivity index (χ0n) is 15.3. The molecule has 1 aromatic carbocycles. The molecule has 0 N–H and O–H groups in total. The fourth-order valence-electron chi connectivity index (χ4n) is 3.37. The molecule has 0 bridgehead atoms. The monoisotopic (exact) mass is 417 g/mol. The summed E-state index contributed by atoms with van der Waals surface area (Å²) >= 11 is 9.54. The van der Waals surface area contributed by atoms with E-state index in [1.165, 1.54) is 22.2 Å². The summed E-state index contributed by atoms with van der Waals surface area (Å²) in [5, 5.41) is 1.92. The van der Waals surface area contributed by atoms with Crippen molar-refractivity contribution in [3.8, 4) is 11.1 Å². The number of halogens is 1. The van der Waals surface area contributed by atoms with Crippen molar-refractivity contribution < 1.29 is 4.79 Å². The van der Waals surface area contributed by atoms with Crippen molar-refractivity contribution in [1.82, 2.24) is 14.9 Å². The van der Waals surface area contributed by atoms with Gasteiger partial charge >= 0.3 is 0 Å². The fourth-order valence-corrected chi connectivity index (χ4v) is 5.59. The van der Waals surface area contributed by atoms with Gasteiger partial charge in [0.2, 0.25) is 5.91 Å². The number of fused-ring (bicyclic) bond motifs is 1. The summed E-state index contributed by atoms with van der Waals surface area (Å²) in [4.78, 5) is 25.4. The number of likely N-dealkylation sites (tertiary alicyclic amines) is 1. The maximum absolute atomic E-state index is 12.3. The summed E-state index contributed by atoms with van der Waals surface area (Å²) in [6.07, 6.45) is 2.20. The lowest BCUT2D eigenvalue weighted by molar-refractivity contribution is -0.127. The Balaban J connectivity index is 1.62. The van der Waals surface area contributed by atoms with Gasteiger partial charge in [0.1, 0.15) is 9.98 Å². The number of hydrogen-bond donors (Lipinski definition) is 0. The first-order chi connectivity index (χ1) is 13.0. The van der Waals surface area contributed by atoms with Gasteiger partial charge in [-0.1, -0.05) is 53.2 Å². The zero-order chi connectivity index (χ0) is 19.0. The molecule has 1 fully saturated rings. The summed E-state index contributed by atoms with van der Waals surface area (Å²) in [5.41, 5.74) is 3.45. The van der Waals surface area contributed by atoms with E-state index in [1.807, 2.05) is 4.90 Å². The summed E-state index contributed by atoms with van der Waals surface area (Å²) in [5.74, 6) is 0.511. The van der Waals surface area contributed by atoms with Crippen LogP contribution in [0.25, 0.3) is 21.3 Å². The number of nitrogens with zero attached hydrogens (tertiary/aromatic N) is 3. The predicted octanol–water partition coefficient (Wildman–Crippen LogP) is 5.34. The van der Waals surface area contributed by atoms with Gasteiger partial charge in [0, 0.05) is 23.5 Å². The maximum atomic E-state index is 12.3. The minimum atomic E-state index is 0.153. The molecule has 3 aromatic rings. The highest BCUT2D eigenvalue weighted by Gasteiger charge is 2.20. The molecule has 1 aliphatic rings. The summed E-state index contributed by atoms with van der Waals surface area (Å²) < 4.78 is 0. The van der Waals surface area contributed by atoms with Gasteiger partial charge in [-0.25, -0.2) is 9.97 Å². The van der Waals surface area contributed by atoms with E-state index in [0.717, 1.165) is 47.3 Å². The topological polar surface area (TPSA) is 46.1 Å². The molecule has 0 aliphatic carbocycles. The van der Waals surface area contributed by atoms with Crippen LogP contribution in [0.1, 0.15) is 23.3 Å². The smallest absolute Gasteiger partial charge is 0.233 e. The van der Waals surface area contributed by atoms with E-state index in [-0.39, 0.29) is 5.91 Å². The molecule has 0 radical (unpaired) electrons. The van der Waals surface area contributed by atoms with Gasteiger partial charge in [-0.15, -0.1) is 11.3 Å². The van der Waals surface area contributed by atoms with Crippen LogP contribution in [0.5, 0.6) is 0 Å². The molecule has 0 atom stereocenters. The van der Waals surface area contributed by atoms with Crippen molar-refractivity contribution in [2.24, 2.45) is 0 Å². The Hall–Kier alpha value is -1.63. The van der Waals surface area contributed by atoms with E-state index in [9.17, 15) is 4.79 Å². The normalized spacial score (nSPS) is 14.3. The first-order valence-corrected chi connectivity index (χ1v) is 11.1. The van der Waals surface area contributed by atoms with Gasteiger partial charge in [0.15, 0.2) is 5.16 Å². The second kappa shape index (κ2) is 7.78. The number of aryl methyl sites for hydroxylation is 2. The number of amides is 1. The average molecular weight is 418 g/mol.